The van der Waals surface area contributed by atoms with E-state index in [1.165, 1.54) is 25.1 Å². The van der Waals surface area contributed by atoms with Crippen molar-refractivity contribution in [1.29, 1.82) is 0 Å². The predicted molar refractivity (Wildman–Crippen MR) is 148 cm³/mol. The van der Waals surface area contributed by atoms with Crippen LogP contribution in [-0.4, -0.2) is 41.7 Å². The molecule has 1 saturated heterocycles. The first-order valence-electron chi connectivity index (χ1n) is 12.1. The fourth-order valence-electron chi connectivity index (χ4n) is 4.47. The summed E-state index contributed by atoms with van der Waals surface area (Å²) in [5.41, 5.74) is 4.12. The van der Waals surface area contributed by atoms with Crippen molar-refractivity contribution in [1.82, 2.24) is 15.0 Å². The van der Waals surface area contributed by atoms with E-state index in [1.807, 2.05) is 25.5 Å². The summed E-state index contributed by atoms with van der Waals surface area (Å²) in [6, 6.07) is 16.6. The number of rotatable bonds is 6. The van der Waals surface area contributed by atoms with Crippen LogP contribution in [0.15, 0.2) is 91.5 Å². The number of benzene rings is 2. The molecular weight excluding hydrogens is 504 g/mol. The Hall–Kier alpha value is -3.47. The minimum atomic E-state index is -0.0879. The van der Waals surface area contributed by atoms with Gasteiger partial charge in [0, 0.05) is 87.9 Å². The summed E-state index contributed by atoms with van der Waals surface area (Å²) >= 11 is 3.59. The van der Waals surface area contributed by atoms with Crippen LogP contribution in [0.1, 0.15) is 17.2 Å². The van der Waals surface area contributed by atoms with E-state index in [0.717, 1.165) is 23.5 Å². The van der Waals surface area contributed by atoms with Crippen LogP contribution in [-0.2, 0) is 11.3 Å². The molecule has 2 aliphatic heterocycles. The molecule has 4 heterocycles. The maximum atomic E-state index is 11.8. The number of aromatic nitrogens is 3. The number of nitrogens with zero attached hydrogens (tertiary/aromatic N) is 3. The summed E-state index contributed by atoms with van der Waals surface area (Å²) in [5, 5.41) is 6.42. The van der Waals surface area contributed by atoms with E-state index in [-0.39, 0.29) is 11.7 Å². The summed E-state index contributed by atoms with van der Waals surface area (Å²) in [7, 11) is 1.81. The van der Waals surface area contributed by atoms with Gasteiger partial charge in [-0.05, 0) is 35.9 Å². The topological polar surface area (TPSA) is 95.2 Å². The molecule has 4 aromatic rings. The first-order valence-corrected chi connectivity index (χ1v) is 13.7. The van der Waals surface area contributed by atoms with Gasteiger partial charge in [0.15, 0.2) is 0 Å². The lowest BCUT2D eigenvalue weighted by molar-refractivity contribution is 0.0379. The molecule has 2 aromatic heterocycles. The third kappa shape index (κ3) is 5.18. The molecule has 2 aliphatic rings. The van der Waals surface area contributed by atoms with Crippen molar-refractivity contribution in [2.75, 3.05) is 42.3 Å². The minimum absolute atomic E-state index is 0.0601. The van der Waals surface area contributed by atoms with Crippen molar-refractivity contribution >= 4 is 40.8 Å². The van der Waals surface area contributed by atoms with Crippen molar-refractivity contribution in [3.8, 4) is 0 Å². The molecule has 0 aliphatic carbocycles. The number of morpholine rings is 1. The predicted octanol–water partition coefficient (Wildman–Crippen LogP) is 5.01. The smallest absolute Gasteiger partial charge is 0.249 e. The Morgan fingerprint density at radius 1 is 1.08 bits per heavy atom. The lowest BCUT2D eigenvalue weighted by Gasteiger charge is -2.36. The molecule has 1 fully saturated rings. The zero-order valence-electron chi connectivity index (χ0n) is 20.2. The molecular formula is C27H26N6O2S2. The third-order valence-corrected chi connectivity index (χ3v) is 8.96. The molecule has 0 spiro atoms. The molecule has 37 heavy (non-hydrogen) atoms. The van der Waals surface area contributed by atoms with Crippen LogP contribution in [0.25, 0.3) is 0 Å². The van der Waals surface area contributed by atoms with Crippen molar-refractivity contribution in [3.05, 3.63) is 88.6 Å². The Balaban J connectivity index is 1.18. The largest absolute Gasteiger partial charge is 0.381 e. The van der Waals surface area contributed by atoms with E-state index in [2.05, 4.69) is 66.9 Å². The minimum Gasteiger partial charge on any atom is -0.381 e. The summed E-state index contributed by atoms with van der Waals surface area (Å²) in [6.07, 6.45) is 5.30. The maximum Gasteiger partial charge on any atom is 0.249 e. The van der Waals surface area contributed by atoms with Gasteiger partial charge in [-0.1, -0.05) is 35.7 Å². The second-order valence-electron chi connectivity index (χ2n) is 8.78. The van der Waals surface area contributed by atoms with Gasteiger partial charge in [-0.15, -0.1) is 0 Å². The van der Waals surface area contributed by atoms with E-state index < -0.39 is 0 Å². The number of pyridine rings is 1. The normalized spacial score (nSPS) is 16.6. The van der Waals surface area contributed by atoms with Crippen molar-refractivity contribution < 1.29 is 4.74 Å². The number of hydrogen-bond donors (Lipinski definition) is 3. The molecule has 6 rings (SSSR count). The lowest BCUT2D eigenvalue weighted by atomic mass is 10.1. The SMILES string of the molecule is CNc1ncc(CNc2ccc3c(c2)Sc2cccc(C4CN(c5cc[nH]c(=O)c5)CCO4)c2S3)cn1. The zero-order chi connectivity index (χ0) is 25.2. The number of fused-ring (bicyclic) bond motifs is 2. The second kappa shape index (κ2) is 10.5. The number of nitrogens with one attached hydrogen (secondary N) is 3. The molecule has 1 unspecified atom stereocenters. The van der Waals surface area contributed by atoms with Crippen LogP contribution in [0.5, 0.6) is 0 Å². The molecule has 0 saturated carbocycles. The van der Waals surface area contributed by atoms with Gasteiger partial charge in [0.2, 0.25) is 11.5 Å². The van der Waals surface area contributed by atoms with Crippen LogP contribution < -0.4 is 21.1 Å². The number of anilines is 3. The Kier molecular flexibility index (Phi) is 6.77. The molecule has 0 radical (unpaired) electrons. The Morgan fingerprint density at radius 2 is 1.97 bits per heavy atom. The van der Waals surface area contributed by atoms with Gasteiger partial charge in [0.1, 0.15) is 6.10 Å². The van der Waals surface area contributed by atoms with E-state index in [0.29, 0.717) is 25.6 Å². The number of H-pyrrole nitrogens is 1. The molecule has 0 amide bonds. The summed E-state index contributed by atoms with van der Waals surface area (Å²) in [4.78, 5) is 30.3. The van der Waals surface area contributed by atoms with Crippen LogP contribution in [0.3, 0.4) is 0 Å². The molecule has 3 N–H and O–H groups in total. The fraction of sp³-hybridized carbons (Fsp3) is 0.222. The molecule has 2 aromatic carbocycles. The van der Waals surface area contributed by atoms with E-state index in [4.69, 9.17) is 4.74 Å². The lowest BCUT2D eigenvalue weighted by Crippen LogP contribution is -2.39. The highest BCUT2D eigenvalue weighted by Crippen LogP contribution is 2.51. The Morgan fingerprint density at radius 3 is 2.81 bits per heavy atom. The molecule has 8 nitrogen and oxygen atoms in total. The quantitative estimate of drug-likeness (QED) is 0.280. The highest BCUT2D eigenvalue weighted by Gasteiger charge is 2.28. The van der Waals surface area contributed by atoms with Crippen molar-refractivity contribution in [2.45, 2.75) is 32.2 Å². The first-order chi connectivity index (χ1) is 18.2. The molecule has 188 valence electrons. The first kappa shape index (κ1) is 23.9. The van der Waals surface area contributed by atoms with Crippen LogP contribution in [0, 0.1) is 0 Å². The molecule has 1 atom stereocenters. The second-order valence-corrected chi connectivity index (χ2v) is 10.9. The van der Waals surface area contributed by atoms with Gasteiger partial charge in [-0.2, -0.15) is 0 Å². The highest BCUT2D eigenvalue weighted by atomic mass is 32.2. The fourth-order valence-corrected chi connectivity index (χ4v) is 6.92. The van der Waals surface area contributed by atoms with E-state index in [1.54, 1.807) is 35.8 Å². The number of ether oxygens (including phenoxy) is 1. The van der Waals surface area contributed by atoms with Crippen LogP contribution in [0.4, 0.5) is 17.3 Å². The van der Waals surface area contributed by atoms with Crippen LogP contribution >= 0.6 is 23.5 Å². The van der Waals surface area contributed by atoms with Gasteiger partial charge in [-0.25, -0.2) is 9.97 Å². The number of aromatic amines is 1. The monoisotopic (exact) mass is 530 g/mol. The van der Waals surface area contributed by atoms with Gasteiger partial charge in [0.25, 0.3) is 0 Å². The van der Waals surface area contributed by atoms with Gasteiger partial charge < -0.3 is 25.3 Å². The molecule has 10 heteroatoms. The van der Waals surface area contributed by atoms with E-state index >= 15 is 0 Å². The van der Waals surface area contributed by atoms with Crippen molar-refractivity contribution in [3.63, 3.8) is 0 Å². The Labute approximate surface area is 223 Å². The number of hydrogen-bond acceptors (Lipinski definition) is 9. The summed E-state index contributed by atoms with van der Waals surface area (Å²) < 4.78 is 6.23. The van der Waals surface area contributed by atoms with Crippen LogP contribution in [0.2, 0.25) is 0 Å². The Bertz CT molecular complexity index is 1480. The standard InChI is InChI=1S/C27H26N6O2S2/c1-28-27-31-14-17(15-32-27)13-30-18-5-6-22-24(11-18)36-23-4-2-3-20(26(23)37-22)21-16-33(9-10-35-21)19-7-8-29-25(34)12-19/h2-8,11-12,14-15,21,30H,9-10,13,16H2,1H3,(H,29,34)(H,28,31,32). The zero-order valence-corrected chi connectivity index (χ0v) is 21.9. The third-order valence-electron chi connectivity index (χ3n) is 6.35. The van der Waals surface area contributed by atoms with Gasteiger partial charge in [0.05, 0.1) is 6.61 Å². The average molecular weight is 531 g/mol. The van der Waals surface area contributed by atoms with Gasteiger partial charge in [-0.3, -0.25) is 4.79 Å². The highest BCUT2D eigenvalue weighted by molar-refractivity contribution is 8.05. The van der Waals surface area contributed by atoms with Crippen molar-refractivity contribution in [2.24, 2.45) is 0 Å². The average Bonchev–Trinajstić information content (AvgIpc) is 2.95. The van der Waals surface area contributed by atoms with Gasteiger partial charge >= 0.3 is 0 Å². The molecule has 0 bridgehead atoms. The summed E-state index contributed by atoms with van der Waals surface area (Å²) in [6.45, 7) is 2.75. The maximum absolute atomic E-state index is 11.8. The summed E-state index contributed by atoms with van der Waals surface area (Å²) in [5.74, 6) is 0.616. The van der Waals surface area contributed by atoms with E-state index in [9.17, 15) is 4.79 Å².